The highest BCUT2D eigenvalue weighted by molar-refractivity contribution is 6.22. The molecule has 0 spiro atoms. The zero-order chi connectivity index (χ0) is 36.0. The molecule has 0 N–H and O–H groups in total. The molecule has 0 aliphatic carbocycles. The van der Waals surface area contributed by atoms with Gasteiger partial charge in [-0.05, 0) is 112 Å². The van der Waals surface area contributed by atoms with Crippen LogP contribution in [0.1, 0.15) is 0 Å². The van der Waals surface area contributed by atoms with Gasteiger partial charge in [0.2, 0.25) is 0 Å². The van der Waals surface area contributed by atoms with E-state index in [9.17, 15) is 0 Å². The van der Waals surface area contributed by atoms with Crippen molar-refractivity contribution in [3.8, 4) is 44.5 Å². The monoisotopic (exact) mass is 687 g/mol. The molecule has 0 atom stereocenters. The molecule has 254 valence electrons. The second-order valence-corrected chi connectivity index (χ2v) is 14.1. The summed E-state index contributed by atoms with van der Waals surface area (Å²) in [6, 6.07) is 75.1. The summed E-state index contributed by atoms with van der Waals surface area (Å²) in [5, 5.41) is 10.2. The molecule has 0 radical (unpaired) electrons. The fourth-order valence-corrected chi connectivity index (χ4v) is 8.56. The van der Waals surface area contributed by atoms with E-state index in [1.54, 1.807) is 0 Å². The normalized spacial score (nSPS) is 11.4. The van der Waals surface area contributed by atoms with Gasteiger partial charge in [-0.2, -0.15) is 0 Å². The predicted octanol–water partition coefficient (Wildman–Crippen LogP) is 14.7. The highest BCUT2D eigenvalue weighted by Gasteiger charge is 2.18. The minimum atomic E-state index is 1.14. The van der Waals surface area contributed by atoms with Crippen LogP contribution < -0.4 is 4.90 Å². The first-order chi connectivity index (χ1) is 26.7. The van der Waals surface area contributed by atoms with Crippen LogP contribution in [0.15, 0.2) is 206 Å². The van der Waals surface area contributed by atoms with E-state index >= 15 is 0 Å². The molecule has 10 aromatic carbocycles. The summed E-state index contributed by atoms with van der Waals surface area (Å²) in [5.41, 5.74) is 12.3. The summed E-state index contributed by atoms with van der Waals surface area (Å²) >= 11 is 0. The lowest BCUT2D eigenvalue weighted by atomic mass is 9.86. The molecule has 0 saturated carbocycles. The molecule has 0 heterocycles. The first-order valence-electron chi connectivity index (χ1n) is 18.7. The van der Waals surface area contributed by atoms with E-state index in [1.807, 2.05) is 0 Å². The van der Waals surface area contributed by atoms with Crippen molar-refractivity contribution in [3.63, 3.8) is 0 Å². The minimum absolute atomic E-state index is 1.14. The van der Waals surface area contributed by atoms with Gasteiger partial charge in [-0.3, -0.25) is 0 Å². The summed E-state index contributed by atoms with van der Waals surface area (Å²) in [6.07, 6.45) is 0. The predicted molar refractivity (Wildman–Crippen MR) is 233 cm³/mol. The lowest BCUT2D eigenvalue weighted by Crippen LogP contribution is -2.09. The fraction of sp³-hybridized carbons (Fsp3) is 0.0189. The number of nitrogens with zero attached hydrogens (tertiary/aromatic N) is 1. The smallest absolute Gasteiger partial charge is 0.0408 e. The van der Waals surface area contributed by atoms with Gasteiger partial charge in [0.1, 0.15) is 0 Å². The standard InChI is InChI=1S/C53H37N/c1-54(40-32-28-38(29-33-40)52-46-24-12-8-20-42(46)50(36-16-4-2-5-17-36)43-21-9-13-25-47(43)52)41-34-30-39(31-35-41)53-48-26-14-10-22-44(48)51(37-18-6-3-7-19-37)45-23-11-15-27-49(45)53/h2-35H,1H3. The average molecular weight is 688 g/mol. The van der Waals surface area contributed by atoms with Crippen LogP contribution in [-0.2, 0) is 0 Å². The van der Waals surface area contributed by atoms with Gasteiger partial charge in [0.25, 0.3) is 0 Å². The molecule has 10 aromatic rings. The first-order valence-corrected chi connectivity index (χ1v) is 18.7. The molecule has 0 saturated heterocycles. The Balaban J connectivity index is 1.03. The van der Waals surface area contributed by atoms with Crippen molar-refractivity contribution < 1.29 is 0 Å². The van der Waals surface area contributed by atoms with Crippen LogP contribution in [0.3, 0.4) is 0 Å². The lowest BCUT2D eigenvalue weighted by Gasteiger charge is -2.22. The zero-order valence-corrected chi connectivity index (χ0v) is 30.1. The van der Waals surface area contributed by atoms with Gasteiger partial charge < -0.3 is 4.90 Å². The summed E-state index contributed by atoms with van der Waals surface area (Å²) in [7, 11) is 2.16. The van der Waals surface area contributed by atoms with E-state index in [0.717, 1.165) is 11.4 Å². The van der Waals surface area contributed by atoms with Crippen molar-refractivity contribution >= 4 is 54.5 Å². The van der Waals surface area contributed by atoms with E-state index in [1.165, 1.54) is 87.6 Å². The summed E-state index contributed by atoms with van der Waals surface area (Å²) in [4.78, 5) is 2.27. The van der Waals surface area contributed by atoms with E-state index in [-0.39, 0.29) is 0 Å². The van der Waals surface area contributed by atoms with Crippen molar-refractivity contribution in [2.45, 2.75) is 0 Å². The Hall–Kier alpha value is -6.96. The second-order valence-electron chi connectivity index (χ2n) is 14.1. The Morgan fingerprint density at radius 3 is 0.667 bits per heavy atom. The highest BCUT2D eigenvalue weighted by atomic mass is 15.1. The maximum absolute atomic E-state index is 2.28. The summed E-state index contributed by atoms with van der Waals surface area (Å²) < 4.78 is 0. The van der Waals surface area contributed by atoms with E-state index in [2.05, 4.69) is 218 Å². The molecule has 54 heavy (non-hydrogen) atoms. The van der Waals surface area contributed by atoms with E-state index < -0.39 is 0 Å². The third kappa shape index (κ3) is 5.25. The van der Waals surface area contributed by atoms with Gasteiger partial charge in [0.15, 0.2) is 0 Å². The number of hydrogen-bond acceptors (Lipinski definition) is 1. The average Bonchev–Trinajstić information content (AvgIpc) is 3.25. The van der Waals surface area contributed by atoms with Crippen LogP contribution in [0.5, 0.6) is 0 Å². The van der Waals surface area contributed by atoms with Crippen LogP contribution in [0.2, 0.25) is 0 Å². The quantitative estimate of drug-likeness (QED) is 0.157. The molecule has 0 bridgehead atoms. The molecule has 0 aliphatic heterocycles. The van der Waals surface area contributed by atoms with Gasteiger partial charge in [-0.1, -0.05) is 182 Å². The largest absolute Gasteiger partial charge is 0.345 e. The number of rotatable bonds is 6. The Bertz CT molecular complexity index is 2640. The number of anilines is 2. The third-order valence-corrected chi connectivity index (χ3v) is 11.1. The maximum Gasteiger partial charge on any atom is 0.0408 e. The topological polar surface area (TPSA) is 3.24 Å². The van der Waals surface area contributed by atoms with E-state index in [4.69, 9.17) is 0 Å². The molecular weight excluding hydrogens is 651 g/mol. The van der Waals surface area contributed by atoms with Crippen LogP contribution >= 0.6 is 0 Å². The zero-order valence-electron chi connectivity index (χ0n) is 30.1. The molecular formula is C53H37N. The van der Waals surface area contributed by atoms with E-state index in [0.29, 0.717) is 0 Å². The second kappa shape index (κ2) is 13.2. The fourth-order valence-electron chi connectivity index (χ4n) is 8.56. The SMILES string of the molecule is CN(c1ccc(-c2c3ccccc3c(-c3ccccc3)c3ccccc23)cc1)c1ccc(-c2c3ccccc3c(-c3ccccc3)c3ccccc23)cc1. The van der Waals surface area contributed by atoms with Crippen LogP contribution in [0, 0.1) is 0 Å². The van der Waals surface area contributed by atoms with Gasteiger partial charge in [-0.25, -0.2) is 0 Å². The molecule has 0 fully saturated rings. The van der Waals surface area contributed by atoms with Crippen LogP contribution in [-0.4, -0.2) is 7.05 Å². The Labute approximate surface area is 316 Å². The maximum atomic E-state index is 2.28. The molecule has 10 rings (SSSR count). The molecule has 0 unspecified atom stereocenters. The summed E-state index contributed by atoms with van der Waals surface area (Å²) in [6.45, 7) is 0. The molecule has 1 nitrogen and oxygen atoms in total. The van der Waals surface area contributed by atoms with Gasteiger partial charge in [0, 0.05) is 18.4 Å². The van der Waals surface area contributed by atoms with Crippen LogP contribution in [0.4, 0.5) is 11.4 Å². The van der Waals surface area contributed by atoms with Gasteiger partial charge in [0.05, 0.1) is 0 Å². The number of hydrogen-bond donors (Lipinski definition) is 0. The van der Waals surface area contributed by atoms with Crippen molar-refractivity contribution in [3.05, 3.63) is 206 Å². The Morgan fingerprint density at radius 1 is 0.222 bits per heavy atom. The van der Waals surface area contributed by atoms with Crippen molar-refractivity contribution in [1.29, 1.82) is 0 Å². The molecule has 1 heteroatoms. The molecule has 0 amide bonds. The van der Waals surface area contributed by atoms with Crippen molar-refractivity contribution in [2.75, 3.05) is 11.9 Å². The van der Waals surface area contributed by atoms with Crippen molar-refractivity contribution in [2.24, 2.45) is 0 Å². The highest BCUT2D eigenvalue weighted by Crippen LogP contribution is 2.45. The lowest BCUT2D eigenvalue weighted by molar-refractivity contribution is 1.21. The molecule has 0 aromatic heterocycles. The summed E-state index contributed by atoms with van der Waals surface area (Å²) in [5.74, 6) is 0. The number of benzene rings is 10. The van der Waals surface area contributed by atoms with Gasteiger partial charge >= 0.3 is 0 Å². The van der Waals surface area contributed by atoms with Gasteiger partial charge in [-0.15, -0.1) is 0 Å². The number of fused-ring (bicyclic) bond motifs is 4. The first kappa shape index (κ1) is 31.7. The minimum Gasteiger partial charge on any atom is -0.345 e. The van der Waals surface area contributed by atoms with Crippen molar-refractivity contribution in [1.82, 2.24) is 0 Å². The Kier molecular flexibility index (Phi) is 7.78. The molecule has 0 aliphatic rings. The Morgan fingerprint density at radius 2 is 0.426 bits per heavy atom. The van der Waals surface area contributed by atoms with Crippen LogP contribution in [0.25, 0.3) is 87.6 Å². The third-order valence-electron chi connectivity index (χ3n) is 11.1.